The number of nitrogens with one attached hydrogen (secondary N) is 2. The van der Waals surface area contributed by atoms with Gasteiger partial charge < -0.3 is 10.2 Å². The standard InChI is InChI=1S/C18H17Cl4N3O3S/c19-12-1-3-14(21)16(9-12)23-18(26)11-24-5-7-25(8-6-24)29(27,28)17-10-13(20)2-4-15(17)22/h1-4,9-10H,5-8,11H2,(H,23,26)/p+1. The van der Waals surface area contributed by atoms with Crippen molar-refractivity contribution in [3.05, 3.63) is 56.5 Å². The van der Waals surface area contributed by atoms with E-state index in [0.717, 1.165) is 4.90 Å². The molecule has 1 aliphatic heterocycles. The highest BCUT2D eigenvalue weighted by molar-refractivity contribution is 7.89. The molecule has 156 valence electrons. The first-order chi connectivity index (χ1) is 13.7. The molecular formula is C18H18Cl4N3O3S+. The summed E-state index contributed by atoms with van der Waals surface area (Å²) in [5, 5.41) is 4.03. The van der Waals surface area contributed by atoms with Gasteiger partial charge in [-0.25, -0.2) is 8.42 Å². The topological polar surface area (TPSA) is 70.9 Å². The quantitative estimate of drug-likeness (QED) is 0.667. The molecule has 0 aliphatic carbocycles. The van der Waals surface area contributed by atoms with Crippen molar-refractivity contribution in [2.75, 3.05) is 38.0 Å². The summed E-state index contributed by atoms with van der Waals surface area (Å²) in [6, 6.07) is 9.17. The molecule has 1 amide bonds. The van der Waals surface area contributed by atoms with Crippen LogP contribution in [0.3, 0.4) is 0 Å². The minimum Gasteiger partial charge on any atom is -0.325 e. The summed E-state index contributed by atoms with van der Waals surface area (Å²) in [5.41, 5.74) is 0.445. The number of carbonyl (C=O) groups is 1. The van der Waals surface area contributed by atoms with E-state index >= 15 is 0 Å². The van der Waals surface area contributed by atoms with Crippen molar-refractivity contribution in [3.63, 3.8) is 0 Å². The number of hydrogen-bond acceptors (Lipinski definition) is 3. The van der Waals surface area contributed by atoms with Crippen molar-refractivity contribution in [2.24, 2.45) is 0 Å². The van der Waals surface area contributed by atoms with Crippen LogP contribution in [0, 0.1) is 0 Å². The highest BCUT2D eigenvalue weighted by atomic mass is 35.5. The number of carbonyl (C=O) groups excluding carboxylic acids is 1. The Bertz CT molecular complexity index is 1030. The number of amides is 1. The maximum atomic E-state index is 12.9. The molecule has 1 saturated heterocycles. The van der Waals surface area contributed by atoms with Crippen LogP contribution in [0.5, 0.6) is 0 Å². The second-order valence-electron chi connectivity index (χ2n) is 6.58. The van der Waals surface area contributed by atoms with Crippen molar-refractivity contribution < 1.29 is 18.1 Å². The largest absolute Gasteiger partial charge is 0.325 e. The first kappa shape index (κ1) is 22.6. The lowest BCUT2D eigenvalue weighted by atomic mass is 10.3. The molecule has 2 aromatic rings. The second kappa shape index (κ2) is 9.39. The molecule has 0 aromatic heterocycles. The van der Waals surface area contributed by atoms with Gasteiger partial charge in [0.2, 0.25) is 10.0 Å². The van der Waals surface area contributed by atoms with Gasteiger partial charge in [-0.2, -0.15) is 4.31 Å². The summed E-state index contributed by atoms with van der Waals surface area (Å²) in [7, 11) is -3.76. The lowest BCUT2D eigenvalue weighted by Gasteiger charge is -2.31. The van der Waals surface area contributed by atoms with Crippen LogP contribution in [0.2, 0.25) is 20.1 Å². The fourth-order valence-electron chi connectivity index (χ4n) is 3.05. The Morgan fingerprint density at radius 3 is 2.21 bits per heavy atom. The van der Waals surface area contributed by atoms with Gasteiger partial charge in [0.1, 0.15) is 4.90 Å². The molecule has 0 unspecified atom stereocenters. The zero-order valence-corrected chi connectivity index (χ0v) is 18.9. The van der Waals surface area contributed by atoms with Crippen LogP contribution in [0.15, 0.2) is 41.3 Å². The van der Waals surface area contributed by atoms with E-state index in [1.165, 1.54) is 22.5 Å². The van der Waals surface area contributed by atoms with Crippen LogP contribution < -0.4 is 10.2 Å². The molecule has 6 nitrogen and oxygen atoms in total. The summed E-state index contributed by atoms with van der Waals surface area (Å²) in [5.74, 6) is -0.224. The molecule has 0 atom stereocenters. The number of halogens is 4. The smallest absolute Gasteiger partial charge is 0.279 e. The van der Waals surface area contributed by atoms with Crippen LogP contribution in [0.4, 0.5) is 5.69 Å². The van der Waals surface area contributed by atoms with Crippen LogP contribution in [-0.4, -0.2) is 51.4 Å². The summed E-state index contributed by atoms with van der Waals surface area (Å²) < 4.78 is 27.1. The van der Waals surface area contributed by atoms with Crippen LogP contribution in [0.1, 0.15) is 0 Å². The Hall–Kier alpha value is -1.06. The fourth-order valence-corrected chi connectivity index (χ4v) is 5.56. The Kier molecular flexibility index (Phi) is 7.32. The molecule has 0 saturated carbocycles. The molecule has 0 spiro atoms. The Labute approximate surface area is 189 Å². The maximum absolute atomic E-state index is 12.9. The lowest BCUT2D eigenvalue weighted by molar-refractivity contribution is -0.895. The molecule has 2 aromatic carbocycles. The number of sulfonamides is 1. The predicted molar refractivity (Wildman–Crippen MR) is 116 cm³/mol. The van der Waals surface area contributed by atoms with E-state index in [1.807, 2.05) is 0 Å². The number of nitrogens with zero attached hydrogens (tertiary/aromatic N) is 1. The first-order valence-corrected chi connectivity index (χ1v) is 11.7. The van der Waals surface area contributed by atoms with Gasteiger partial charge in [-0.15, -0.1) is 0 Å². The minimum atomic E-state index is -3.76. The average molecular weight is 498 g/mol. The van der Waals surface area contributed by atoms with Gasteiger partial charge in [-0.05, 0) is 36.4 Å². The minimum absolute atomic E-state index is 0.0107. The number of anilines is 1. The van der Waals surface area contributed by atoms with Crippen LogP contribution in [-0.2, 0) is 14.8 Å². The van der Waals surface area contributed by atoms with Crippen LogP contribution in [0.25, 0.3) is 0 Å². The molecule has 1 fully saturated rings. The third kappa shape index (κ3) is 5.55. The monoisotopic (exact) mass is 496 g/mol. The zero-order valence-electron chi connectivity index (χ0n) is 15.1. The van der Waals surface area contributed by atoms with Gasteiger partial charge in [-0.3, -0.25) is 4.79 Å². The Balaban J connectivity index is 1.59. The first-order valence-electron chi connectivity index (χ1n) is 8.70. The third-order valence-corrected chi connectivity index (χ3v) is 7.73. The molecule has 1 heterocycles. The van der Waals surface area contributed by atoms with Crippen molar-refractivity contribution in [3.8, 4) is 0 Å². The van der Waals surface area contributed by atoms with E-state index in [2.05, 4.69) is 5.32 Å². The van der Waals surface area contributed by atoms with Gasteiger partial charge in [0.05, 0.1) is 41.9 Å². The second-order valence-corrected chi connectivity index (χ2v) is 10.2. The number of hydrogen-bond donors (Lipinski definition) is 2. The molecule has 3 rings (SSSR count). The van der Waals surface area contributed by atoms with Gasteiger partial charge in [0.15, 0.2) is 6.54 Å². The van der Waals surface area contributed by atoms with Crippen molar-refractivity contribution in [1.82, 2.24) is 4.31 Å². The number of rotatable bonds is 5. The van der Waals surface area contributed by atoms with Gasteiger partial charge in [0, 0.05) is 10.0 Å². The Morgan fingerprint density at radius 1 is 0.966 bits per heavy atom. The summed E-state index contributed by atoms with van der Waals surface area (Å²) in [6.45, 7) is 1.69. The van der Waals surface area contributed by atoms with E-state index in [1.54, 1.807) is 18.2 Å². The van der Waals surface area contributed by atoms with Crippen LogP contribution >= 0.6 is 46.4 Å². The summed E-state index contributed by atoms with van der Waals surface area (Å²) in [4.78, 5) is 13.3. The number of quaternary nitrogens is 1. The molecule has 0 bridgehead atoms. The van der Waals surface area contributed by atoms with E-state index in [-0.39, 0.29) is 35.5 Å². The molecule has 11 heteroatoms. The van der Waals surface area contributed by atoms with Crippen molar-refractivity contribution in [2.45, 2.75) is 4.90 Å². The van der Waals surface area contributed by atoms with Gasteiger partial charge in [0.25, 0.3) is 5.91 Å². The highest BCUT2D eigenvalue weighted by Crippen LogP contribution is 2.28. The van der Waals surface area contributed by atoms with E-state index < -0.39 is 10.0 Å². The normalized spacial score (nSPS) is 16.0. The maximum Gasteiger partial charge on any atom is 0.279 e. The molecule has 2 N–H and O–H groups in total. The number of benzene rings is 2. The van der Waals surface area contributed by atoms with E-state index in [4.69, 9.17) is 46.4 Å². The lowest BCUT2D eigenvalue weighted by Crippen LogP contribution is -3.15. The highest BCUT2D eigenvalue weighted by Gasteiger charge is 2.32. The van der Waals surface area contributed by atoms with E-state index in [0.29, 0.717) is 33.8 Å². The van der Waals surface area contributed by atoms with E-state index in [9.17, 15) is 13.2 Å². The molecule has 1 aliphatic rings. The molecular weight excluding hydrogens is 480 g/mol. The number of piperazine rings is 1. The summed E-state index contributed by atoms with van der Waals surface area (Å²) in [6.07, 6.45) is 0. The Morgan fingerprint density at radius 2 is 1.55 bits per heavy atom. The SMILES string of the molecule is O=C(C[NH+]1CCN(S(=O)(=O)c2cc(Cl)ccc2Cl)CC1)Nc1cc(Cl)ccc1Cl. The summed E-state index contributed by atoms with van der Waals surface area (Å²) >= 11 is 24.0. The predicted octanol–water partition coefficient (Wildman–Crippen LogP) is 2.83. The van der Waals surface area contributed by atoms with Gasteiger partial charge in [-0.1, -0.05) is 46.4 Å². The van der Waals surface area contributed by atoms with Crippen molar-refractivity contribution in [1.29, 1.82) is 0 Å². The molecule has 0 radical (unpaired) electrons. The van der Waals surface area contributed by atoms with Crippen molar-refractivity contribution >= 4 is 68.0 Å². The van der Waals surface area contributed by atoms with Gasteiger partial charge >= 0.3 is 0 Å². The average Bonchev–Trinajstić information content (AvgIpc) is 2.67. The zero-order chi connectivity index (χ0) is 21.2. The fraction of sp³-hybridized carbons (Fsp3) is 0.278. The third-order valence-electron chi connectivity index (χ3n) is 4.55. The molecule has 29 heavy (non-hydrogen) atoms.